The molecule has 0 aromatic rings. The van der Waals surface area contributed by atoms with E-state index >= 15 is 0 Å². The lowest BCUT2D eigenvalue weighted by Crippen LogP contribution is -2.41. The molecule has 1 saturated heterocycles. The largest absolute Gasteiger partial charge is 0.481 e. The summed E-state index contributed by atoms with van der Waals surface area (Å²) >= 11 is 0. The van der Waals surface area contributed by atoms with Crippen LogP contribution in [0, 0.1) is 0 Å². The van der Waals surface area contributed by atoms with Gasteiger partial charge in [0, 0.05) is 33.2 Å². The Bertz CT molecular complexity index is 322. The highest BCUT2D eigenvalue weighted by atomic mass is 16.5. The number of methoxy groups -OCH3 is 1. The van der Waals surface area contributed by atoms with Gasteiger partial charge >= 0.3 is 12.0 Å². The van der Waals surface area contributed by atoms with E-state index in [2.05, 4.69) is 12.2 Å². The molecule has 19 heavy (non-hydrogen) atoms. The Morgan fingerprint density at radius 2 is 2.11 bits per heavy atom. The molecule has 0 bridgehead atoms. The second kappa shape index (κ2) is 7.33. The van der Waals surface area contributed by atoms with Gasteiger partial charge in [-0.3, -0.25) is 4.79 Å². The number of amides is 2. The highest BCUT2D eigenvalue weighted by Gasteiger charge is 2.28. The van der Waals surface area contributed by atoms with Crippen molar-refractivity contribution >= 4 is 12.0 Å². The summed E-state index contributed by atoms with van der Waals surface area (Å²) < 4.78 is 5.49. The predicted molar refractivity (Wildman–Crippen MR) is 71.1 cm³/mol. The lowest BCUT2D eigenvalue weighted by atomic mass is 9.97. The van der Waals surface area contributed by atoms with Gasteiger partial charge in [-0.05, 0) is 32.6 Å². The lowest BCUT2D eigenvalue weighted by molar-refractivity contribution is -0.137. The molecular weight excluding hydrogens is 248 g/mol. The minimum atomic E-state index is -0.833. The molecule has 1 aliphatic heterocycles. The van der Waals surface area contributed by atoms with Crippen molar-refractivity contribution in [2.45, 2.75) is 44.6 Å². The van der Waals surface area contributed by atoms with Crippen molar-refractivity contribution in [2.24, 2.45) is 0 Å². The molecule has 1 aliphatic rings. The molecular formula is C13H24N2O4. The fourth-order valence-corrected chi connectivity index (χ4v) is 2.21. The first-order chi connectivity index (χ1) is 8.97. The predicted octanol–water partition coefficient (Wildman–Crippen LogP) is 1.45. The van der Waals surface area contributed by atoms with Gasteiger partial charge in [0.2, 0.25) is 0 Å². The molecule has 0 radical (unpaired) electrons. The normalized spacial score (nSPS) is 23.8. The highest BCUT2D eigenvalue weighted by Crippen LogP contribution is 2.24. The number of carbonyl (C=O) groups excluding carboxylic acids is 1. The number of likely N-dealkylation sites (tertiary alicyclic amines) is 1. The van der Waals surface area contributed by atoms with Crippen molar-refractivity contribution in [1.29, 1.82) is 0 Å². The van der Waals surface area contributed by atoms with Gasteiger partial charge in [0.05, 0.1) is 5.60 Å². The van der Waals surface area contributed by atoms with E-state index in [1.807, 2.05) is 0 Å². The van der Waals surface area contributed by atoms with Crippen LogP contribution in [0.5, 0.6) is 0 Å². The van der Waals surface area contributed by atoms with Crippen LogP contribution >= 0.6 is 0 Å². The first-order valence-electron chi connectivity index (χ1n) is 6.76. The standard InChI is InChI=1S/C13H24N2O4/c1-13(19-2)6-4-9-15(10-7-13)12(18)14-8-3-5-11(16)17/h3-10H2,1-2H3,(H,14,18)(H,16,17). The molecule has 110 valence electrons. The zero-order chi connectivity index (χ0) is 14.3. The van der Waals surface area contributed by atoms with Gasteiger partial charge in [0.25, 0.3) is 0 Å². The van der Waals surface area contributed by atoms with E-state index in [0.29, 0.717) is 19.5 Å². The molecule has 1 heterocycles. The van der Waals surface area contributed by atoms with Crippen molar-refractivity contribution in [2.75, 3.05) is 26.7 Å². The minimum absolute atomic E-state index is 0.0853. The number of carboxylic acids is 1. The fraction of sp³-hybridized carbons (Fsp3) is 0.846. The Morgan fingerprint density at radius 1 is 1.37 bits per heavy atom. The average Bonchev–Trinajstić information content (AvgIpc) is 2.57. The van der Waals surface area contributed by atoms with Crippen molar-refractivity contribution in [3.63, 3.8) is 0 Å². The second-order valence-corrected chi connectivity index (χ2v) is 5.22. The van der Waals surface area contributed by atoms with Gasteiger partial charge in [0.15, 0.2) is 0 Å². The third-order valence-electron chi connectivity index (χ3n) is 3.67. The van der Waals surface area contributed by atoms with Crippen LogP contribution in [0.4, 0.5) is 4.79 Å². The lowest BCUT2D eigenvalue weighted by Gasteiger charge is -2.26. The zero-order valence-electron chi connectivity index (χ0n) is 11.8. The van der Waals surface area contributed by atoms with Crippen molar-refractivity contribution < 1.29 is 19.4 Å². The van der Waals surface area contributed by atoms with E-state index in [1.54, 1.807) is 12.0 Å². The monoisotopic (exact) mass is 272 g/mol. The third-order valence-corrected chi connectivity index (χ3v) is 3.67. The van der Waals surface area contributed by atoms with E-state index in [9.17, 15) is 9.59 Å². The number of carboxylic acid groups (broad SMARTS) is 1. The maximum Gasteiger partial charge on any atom is 0.317 e. The summed E-state index contributed by atoms with van der Waals surface area (Å²) in [6.07, 6.45) is 3.25. The number of hydrogen-bond donors (Lipinski definition) is 2. The molecule has 0 aromatic heterocycles. The number of carbonyl (C=O) groups is 2. The van der Waals surface area contributed by atoms with Gasteiger partial charge in [-0.25, -0.2) is 4.79 Å². The Balaban J connectivity index is 2.31. The Hall–Kier alpha value is -1.30. The molecule has 1 fully saturated rings. The molecule has 1 atom stereocenters. The average molecular weight is 272 g/mol. The molecule has 6 nitrogen and oxygen atoms in total. The number of rotatable bonds is 5. The Morgan fingerprint density at radius 3 is 2.74 bits per heavy atom. The minimum Gasteiger partial charge on any atom is -0.481 e. The van der Waals surface area contributed by atoms with Crippen molar-refractivity contribution in [3.8, 4) is 0 Å². The Labute approximate surface area is 114 Å². The number of urea groups is 1. The van der Waals surface area contributed by atoms with Crippen LogP contribution in [0.2, 0.25) is 0 Å². The van der Waals surface area contributed by atoms with Crippen molar-refractivity contribution in [1.82, 2.24) is 10.2 Å². The van der Waals surface area contributed by atoms with Crippen LogP contribution in [0.1, 0.15) is 39.0 Å². The number of nitrogens with zero attached hydrogens (tertiary/aromatic N) is 1. The van der Waals surface area contributed by atoms with Crippen LogP contribution in [-0.4, -0.2) is 54.4 Å². The van der Waals surface area contributed by atoms with Gasteiger partial charge < -0.3 is 20.1 Å². The summed E-state index contributed by atoms with van der Waals surface area (Å²) in [7, 11) is 1.71. The van der Waals surface area contributed by atoms with E-state index in [0.717, 1.165) is 25.8 Å². The SMILES string of the molecule is COC1(C)CCCN(C(=O)NCCCC(=O)O)CC1. The summed E-state index contributed by atoms with van der Waals surface area (Å²) in [6, 6.07) is -0.106. The molecule has 2 amide bonds. The van der Waals surface area contributed by atoms with E-state index in [1.165, 1.54) is 0 Å². The molecule has 0 saturated carbocycles. The second-order valence-electron chi connectivity index (χ2n) is 5.22. The topological polar surface area (TPSA) is 78.9 Å². The number of aliphatic carboxylic acids is 1. The highest BCUT2D eigenvalue weighted by molar-refractivity contribution is 5.74. The summed E-state index contributed by atoms with van der Waals surface area (Å²) in [4.78, 5) is 24.1. The summed E-state index contributed by atoms with van der Waals surface area (Å²) in [5.74, 6) is -0.833. The third kappa shape index (κ3) is 5.46. The number of ether oxygens (including phenoxy) is 1. The molecule has 0 aromatic carbocycles. The first kappa shape index (κ1) is 15.8. The Kier molecular flexibility index (Phi) is 6.08. The molecule has 2 N–H and O–H groups in total. The zero-order valence-corrected chi connectivity index (χ0v) is 11.8. The van der Waals surface area contributed by atoms with Crippen molar-refractivity contribution in [3.05, 3.63) is 0 Å². The maximum atomic E-state index is 11.9. The van der Waals surface area contributed by atoms with Gasteiger partial charge in [0.1, 0.15) is 0 Å². The molecule has 1 rings (SSSR count). The van der Waals surface area contributed by atoms with Gasteiger partial charge in [-0.2, -0.15) is 0 Å². The smallest absolute Gasteiger partial charge is 0.317 e. The summed E-state index contributed by atoms with van der Waals surface area (Å²) in [5.41, 5.74) is -0.141. The fourth-order valence-electron chi connectivity index (χ4n) is 2.21. The van der Waals surface area contributed by atoms with Crippen LogP contribution in [0.15, 0.2) is 0 Å². The maximum absolute atomic E-state index is 11.9. The number of nitrogens with one attached hydrogen (secondary N) is 1. The van der Waals surface area contributed by atoms with Gasteiger partial charge in [-0.1, -0.05) is 0 Å². The quantitative estimate of drug-likeness (QED) is 0.742. The van der Waals surface area contributed by atoms with Crippen LogP contribution in [-0.2, 0) is 9.53 Å². The first-order valence-corrected chi connectivity index (χ1v) is 6.76. The van der Waals surface area contributed by atoms with Crippen LogP contribution in [0.25, 0.3) is 0 Å². The summed E-state index contributed by atoms with van der Waals surface area (Å²) in [6.45, 7) is 3.88. The molecule has 6 heteroatoms. The van der Waals surface area contributed by atoms with Crippen LogP contribution < -0.4 is 5.32 Å². The number of hydrogen-bond acceptors (Lipinski definition) is 3. The molecule has 0 aliphatic carbocycles. The van der Waals surface area contributed by atoms with Gasteiger partial charge in [-0.15, -0.1) is 0 Å². The molecule has 1 unspecified atom stereocenters. The van der Waals surface area contributed by atoms with E-state index in [-0.39, 0.29) is 18.1 Å². The van der Waals surface area contributed by atoms with E-state index in [4.69, 9.17) is 9.84 Å². The van der Waals surface area contributed by atoms with E-state index < -0.39 is 5.97 Å². The molecule has 0 spiro atoms. The van der Waals surface area contributed by atoms with Crippen LogP contribution in [0.3, 0.4) is 0 Å². The summed E-state index contributed by atoms with van der Waals surface area (Å²) in [5, 5.41) is 11.3.